The Morgan fingerprint density at radius 2 is 1.59 bits per heavy atom. The summed E-state index contributed by atoms with van der Waals surface area (Å²) in [6.07, 6.45) is -0.767. The topological polar surface area (TPSA) is 96.9 Å². The lowest BCUT2D eigenvalue weighted by Crippen LogP contribution is -2.48. The maximum absolute atomic E-state index is 12.2. The van der Waals surface area contributed by atoms with Crippen molar-refractivity contribution in [3.63, 3.8) is 0 Å². The highest BCUT2D eigenvalue weighted by Crippen LogP contribution is 2.05. The van der Waals surface area contributed by atoms with Crippen molar-refractivity contribution in [3.05, 3.63) is 71.3 Å². The minimum Gasteiger partial charge on any atom is -0.445 e. The number of amides is 2. The van der Waals surface area contributed by atoms with Crippen LogP contribution in [0.5, 0.6) is 0 Å². The van der Waals surface area contributed by atoms with Gasteiger partial charge in [0.2, 0.25) is 5.91 Å². The van der Waals surface area contributed by atoms with Gasteiger partial charge in [-0.3, -0.25) is 4.79 Å². The fourth-order valence-electron chi connectivity index (χ4n) is 2.33. The van der Waals surface area contributed by atoms with Crippen molar-refractivity contribution in [2.75, 3.05) is 13.7 Å². The Morgan fingerprint density at radius 1 is 0.963 bits per heavy atom. The van der Waals surface area contributed by atoms with Crippen molar-refractivity contribution in [3.8, 4) is 0 Å². The molecule has 0 aliphatic carbocycles. The SMILES string of the molecule is COCc1ccc(CNC(=O)[C@@H](CO)NC(=O)OCc2ccccc2)cc1. The van der Waals surface area contributed by atoms with Crippen LogP contribution in [-0.4, -0.2) is 36.9 Å². The van der Waals surface area contributed by atoms with Gasteiger partial charge in [0.05, 0.1) is 13.2 Å². The van der Waals surface area contributed by atoms with E-state index in [1.54, 1.807) is 7.11 Å². The van der Waals surface area contributed by atoms with Gasteiger partial charge in [-0.2, -0.15) is 0 Å². The van der Waals surface area contributed by atoms with Gasteiger partial charge < -0.3 is 25.2 Å². The van der Waals surface area contributed by atoms with Crippen LogP contribution in [-0.2, 0) is 34.0 Å². The van der Waals surface area contributed by atoms with E-state index < -0.39 is 24.6 Å². The van der Waals surface area contributed by atoms with E-state index in [1.807, 2.05) is 54.6 Å². The Labute approximate surface area is 158 Å². The normalized spacial score (nSPS) is 11.5. The fraction of sp³-hybridized carbons (Fsp3) is 0.300. The van der Waals surface area contributed by atoms with E-state index >= 15 is 0 Å². The third kappa shape index (κ3) is 7.08. The monoisotopic (exact) mass is 372 g/mol. The Hall–Kier alpha value is -2.90. The number of aliphatic hydroxyl groups excluding tert-OH is 1. The zero-order chi connectivity index (χ0) is 19.5. The molecule has 7 nitrogen and oxygen atoms in total. The van der Waals surface area contributed by atoms with E-state index in [9.17, 15) is 14.7 Å². The number of benzene rings is 2. The predicted octanol–water partition coefficient (Wildman–Crippen LogP) is 1.74. The van der Waals surface area contributed by atoms with E-state index in [-0.39, 0.29) is 13.2 Å². The second-order valence-corrected chi connectivity index (χ2v) is 5.91. The lowest BCUT2D eigenvalue weighted by Gasteiger charge is -2.16. The number of hydrogen-bond donors (Lipinski definition) is 3. The molecule has 0 spiro atoms. The fourth-order valence-corrected chi connectivity index (χ4v) is 2.33. The van der Waals surface area contributed by atoms with Crippen molar-refractivity contribution in [1.82, 2.24) is 10.6 Å². The number of rotatable bonds is 9. The quantitative estimate of drug-likeness (QED) is 0.623. The third-order valence-electron chi connectivity index (χ3n) is 3.80. The molecule has 0 aromatic heterocycles. The smallest absolute Gasteiger partial charge is 0.408 e. The summed E-state index contributed by atoms with van der Waals surface area (Å²) in [5.41, 5.74) is 2.75. The summed E-state index contributed by atoms with van der Waals surface area (Å²) in [5, 5.41) is 14.4. The molecule has 144 valence electrons. The van der Waals surface area contributed by atoms with Crippen LogP contribution in [0, 0.1) is 0 Å². The van der Waals surface area contributed by atoms with Crippen LogP contribution >= 0.6 is 0 Å². The summed E-state index contributed by atoms with van der Waals surface area (Å²) in [7, 11) is 1.63. The molecule has 0 saturated carbocycles. The van der Waals surface area contributed by atoms with Crippen molar-refractivity contribution >= 4 is 12.0 Å². The van der Waals surface area contributed by atoms with Crippen LogP contribution in [0.3, 0.4) is 0 Å². The van der Waals surface area contributed by atoms with Gasteiger partial charge in [0, 0.05) is 13.7 Å². The van der Waals surface area contributed by atoms with Gasteiger partial charge in [-0.05, 0) is 16.7 Å². The first-order valence-electron chi connectivity index (χ1n) is 8.55. The summed E-state index contributed by atoms with van der Waals surface area (Å²) in [4.78, 5) is 24.0. The molecule has 27 heavy (non-hydrogen) atoms. The lowest BCUT2D eigenvalue weighted by atomic mass is 10.1. The molecular weight excluding hydrogens is 348 g/mol. The highest BCUT2D eigenvalue weighted by atomic mass is 16.5. The molecule has 0 fully saturated rings. The van der Waals surface area contributed by atoms with Gasteiger partial charge >= 0.3 is 6.09 Å². The Balaban J connectivity index is 1.77. The summed E-state index contributed by atoms with van der Waals surface area (Å²) >= 11 is 0. The minimum atomic E-state index is -1.08. The highest BCUT2D eigenvalue weighted by Gasteiger charge is 2.20. The standard InChI is InChI=1S/C20H24N2O5/c1-26-13-17-9-7-15(8-10-17)11-21-19(24)18(12-23)22-20(25)27-14-16-5-3-2-4-6-16/h2-10,18,23H,11-14H2,1H3,(H,21,24)(H,22,25)/t18-/m1/s1. The summed E-state index contributed by atoms with van der Waals surface area (Å²) < 4.78 is 10.1. The molecule has 7 heteroatoms. The molecular formula is C20H24N2O5. The number of aliphatic hydroxyl groups is 1. The first-order chi connectivity index (χ1) is 13.1. The zero-order valence-electron chi connectivity index (χ0n) is 15.2. The van der Waals surface area contributed by atoms with E-state index in [4.69, 9.17) is 9.47 Å². The van der Waals surface area contributed by atoms with Crippen molar-refractivity contribution in [2.45, 2.75) is 25.8 Å². The third-order valence-corrected chi connectivity index (χ3v) is 3.80. The zero-order valence-corrected chi connectivity index (χ0v) is 15.2. The Bertz CT molecular complexity index is 719. The summed E-state index contributed by atoms with van der Waals surface area (Å²) in [5.74, 6) is -0.491. The van der Waals surface area contributed by atoms with Gasteiger partial charge in [0.25, 0.3) is 0 Å². The Kier molecular flexibility index (Phi) is 8.28. The van der Waals surface area contributed by atoms with Crippen LogP contribution in [0.2, 0.25) is 0 Å². The average Bonchev–Trinajstić information content (AvgIpc) is 2.70. The highest BCUT2D eigenvalue weighted by molar-refractivity contribution is 5.85. The second-order valence-electron chi connectivity index (χ2n) is 5.91. The van der Waals surface area contributed by atoms with Gasteiger partial charge in [0.1, 0.15) is 12.6 Å². The summed E-state index contributed by atoms with van der Waals surface area (Å²) in [6.45, 7) is 0.358. The molecule has 0 aliphatic rings. The number of methoxy groups -OCH3 is 1. The number of carbonyl (C=O) groups is 2. The van der Waals surface area contributed by atoms with Crippen LogP contribution in [0.1, 0.15) is 16.7 Å². The van der Waals surface area contributed by atoms with Crippen molar-refractivity contribution in [1.29, 1.82) is 0 Å². The molecule has 0 bridgehead atoms. The predicted molar refractivity (Wildman–Crippen MR) is 99.6 cm³/mol. The molecule has 2 aromatic rings. The van der Waals surface area contributed by atoms with Crippen molar-refractivity contribution in [2.24, 2.45) is 0 Å². The van der Waals surface area contributed by atoms with Gasteiger partial charge in [-0.25, -0.2) is 4.79 Å². The molecule has 2 rings (SSSR count). The molecule has 0 saturated heterocycles. The van der Waals surface area contributed by atoms with Crippen LogP contribution in [0.4, 0.5) is 4.79 Å². The second kappa shape index (κ2) is 10.9. The number of ether oxygens (including phenoxy) is 2. The number of nitrogens with one attached hydrogen (secondary N) is 2. The largest absolute Gasteiger partial charge is 0.445 e. The van der Waals surface area contributed by atoms with Crippen molar-refractivity contribution < 1.29 is 24.2 Å². The average molecular weight is 372 g/mol. The Morgan fingerprint density at radius 3 is 2.22 bits per heavy atom. The van der Waals surface area contributed by atoms with Crippen LogP contribution in [0.15, 0.2) is 54.6 Å². The maximum atomic E-state index is 12.2. The molecule has 2 aromatic carbocycles. The van der Waals surface area contributed by atoms with E-state index in [2.05, 4.69) is 10.6 Å². The van der Waals surface area contributed by atoms with Crippen LogP contribution < -0.4 is 10.6 Å². The molecule has 0 radical (unpaired) electrons. The maximum Gasteiger partial charge on any atom is 0.408 e. The van der Waals surface area contributed by atoms with E-state index in [0.717, 1.165) is 16.7 Å². The number of alkyl carbamates (subject to hydrolysis) is 1. The summed E-state index contributed by atoms with van der Waals surface area (Å²) in [6, 6.07) is 15.7. The van der Waals surface area contributed by atoms with E-state index in [1.165, 1.54) is 0 Å². The molecule has 2 amide bonds. The van der Waals surface area contributed by atoms with Crippen LogP contribution in [0.25, 0.3) is 0 Å². The molecule has 0 aliphatic heterocycles. The van der Waals surface area contributed by atoms with Gasteiger partial charge in [-0.1, -0.05) is 54.6 Å². The number of carbonyl (C=O) groups excluding carboxylic acids is 2. The van der Waals surface area contributed by atoms with E-state index in [0.29, 0.717) is 6.61 Å². The van der Waals surface area contributed by atoms with Gasteiger partial charge in [0.15, 0.2) is 0 Å². The molecule has 3 N–H and O–H groups in total. The first-order valence-corrected chi connectivity index (χ1v) is 8.55. The first kappa shape index (κ1) is 20.4. The van der Waals surface area contributed by atoms with Gasteiger partial charge in [-0.15, -0.1) is 0 Å². The molecule has 0 unspecified atom stereocenters. The minimum absolute atomic E-state index is 0.0836. The number of hydrogen-bond acceptors (Lipinski definition) is 5. The molecule has 1 atom stereocenters. The lowest BCUT2D eigenvalue weighted by molar-refractivity contribution is -0.124. The molecule has 0 heterocycles.